The van der Waals surface area contributed by atoms with Gasteiger partial charge in [-0.3, -0.25) is 4.79 Å². The normalized spacial score (nSPS) is 21.0. The molecule has 1 fully saturated rings. The highest BCUT2D eigenvalue weighted by Crippen LogP contribution is 2.34. The van der Waals surface area contributed by atoms with Gasteiger partial charge in [0.15, 0.2) is 6.10 Å². The van der Waals surface area contributed by atoms with Crippen molar-refractivity contribution in [1.29, 1.82) is 0 Å². The van der Waals surface area contributed by atoms with Gasteiger partial charge >= 0.3 is 6.18 Å². The van der Waals surface area contributed by atoms with E-state index in [2.05, 4.69) is 0 Å². The van der Waals surface area contributed by atoms with E-state index in [4.69, 9.17) is 0 Å². The van der Waals surface area contributed by atoms with Crippen LogP contribution >= 0.6 is 11.3 Å². The van der Waals surface area contributed by atoms with Gasteiger partial charge in [-0.25, -0.2) is 0 Å². The molecule has 22 heavy (non-hydrogen) atoms. The molecular weight excluding hydrogens is 315 g/mol. The fourth-order valence-electron chi connectivity index (χ4n) is 3.28. The first-order chi connectivity index (χ1) is 10.4. The topological polar surface area (TPSA) is 40.5 Å². The van der Waals surface area contributed by atoms with Crippen molar-refractivity contribution in [3.8, 4) is 0 Å². The molecule has 1 aliphatic heterocycles. The molecule has 0 bridgehead atoms. The maximum Gasteiger partial charge on any atom is 0.414 e. The Hall–Kier alpha value is -1.08. The van der Waals surface area contributed by atoms with Gasteiger partial charge < -0.3 is 10.0 Å². The number of carbonyl (C=O) groups excluding carboxylic acids is 1. The fraction of sp³-hybridized carbons (Fsp3) is 0.667. The smallest absolute Gasteiger partial charge is 0.383 e. The minimum Gasteiger partial charge on any atom is -0.383 e. The summed E-state index contributed by atoms with van der Waals surface area (Å²) in [5, 5.41) is 9.31. The third kappa shape index (κ3) is 3.01. The molecule has 0 radical (unpaired) electrons. The second kappa shape index (κ2) is 5.85. The quantitative estimate of drug-likeness (QED) is 0.904. The second-order valence-corrected chi connectivity index (χ2v) is 7.17. The Labute approximate surface area is 130 Å². The van der Waals surface area contributed by atoms with Gasteiger partial charge in [0.25, 0.3) is 5.91 Å². The molecule has 1 atom stereocenters. The summed E-state index contributed by atoms with van der Waals surface area (Å²) >= 11 is 1.51. The average Bonchev–Trinajstić information content (AvgIpc) is 3.06. The van der Waals surface area contributed by atoms with Crippen LogP contribution in [0.3, 0.4) is 0 Å². The van der Waals surface area contributed by atoms with Crippen molar-refractivity contribution in [2.24, 2.45) is 5.92 Å². The number of rotatable bonds is 2. The number of carbonyl (C=O) groups is 1. The van der Waals surface area contributed by atoms with Gasteiger partial charge in [0.1, 0.15) is 0 Å². The summed E-state index contributed by atoms with van der Waals surface area (Å²) in [6.07, 6.45) is -3.31. The van der Waals surface area contributed by atoms with Crippen molar-refractivity contribution in [3.05, 3.63) is 21.4 Å². The van der Waals surface area contributed by atoms with Crippen molar-refractivity contribution in [1.82, 2.24) is 4.90 Å². The van der Waals surface area contributed by atoms with Gasteiger partial charge in [-0.2, -0.15) is 13.2 Å². The molecule has 2 aliphatic rings. The number of fused-ring (bicyclic) bond motifs is 1. The highest BCUT2D eigenvalue weighted by atomic mass is 32.1. The Morgan fingerprint density at radius 2 is 2.00 bits per heavy atom. The number of aliphatic hydroxyl groups is 1. The summed E-state index contributed by atoms with van der Waals surface area (Å²) in [5.41, 5.74) is 1.25. The van der Waals surface area contributed by atoms with Gasteiger partial charge in [0.2, 0.25) is 0 Å². The van der Waals surface area contributed by atoms with E-state index < -0.39 is 18.2 Å². The predicted octanol–water partition coefficient (Wildman–Crippen LogP) is 3.01. The van der Waals surface area contributed by atoms with E-state index in [0.29, 0.717) is 4.88 Å². The molecule has 1 aromatic rings. The molecule has 1 aromatic heterocycles. The Balaban J connectivity index is 1.60. The Morgan fingerprint density at radius 1 is 1.32 bits per heavy atom. The van der Waals surface area contributed by atoms with Gasteiger partial charge in [-0.15, -0.1) is 11.3 Å². The molecule has 3 nitrogen and oxygen atoms in total. The molecule has 0 aromatic carbocycles. The summed E-state index contributed by atoms with van der Waals surface area (Å²) in [6, 6.07) is 1.94. The van der Waals surface area contributed by atoms with Crippen molar-refractivity contribution < 1.29 is 23.1 Å². The van der Waals surface area contributed by atoms with Crippen molar-refractivity contribution in [3.63, 3.8) is 0 Å². The zero-order chi connectivity index (χ0) is 15.9. The molecule has 0 spiro atoms. The van der Waals surface area contributed by atoms with E-state index in [9.17, 15) is 23.1 Å². The Bertz CT molecular complexity index is 540. The van der Waals surface area contributed by atoms with Gasteiger partial charge in [0, 0.05) is 18.0 Å². The summed E-state index contributed by atoms with van der Waals surface area (Å²) in [5.74, 6) is -0.892. The summed E-state index contributed by atoms with van der Waals surface area (Å²) in [7, 11) is 0. The zero-order valence-corrected chi connectivity index (χ0v) is 12.8. The average molecular weight is 333 g/mol. The van der Waals surface area contributed by atoms with E-state index in [-0.39, 0.29) is 31.8 Å². The highest BCUT2D eigenvalue weighted by molar-refractivity contribution is 7.14. The minimum atomic E-state index is -4.58. The van der Waals surface area contributed by atoms with Gasteiger partial charge in [-0.05, 0) is 49.7 Å². The molecule has 1 aliphatic carbocycles. The number of aliphatic hydroxyl groups excluding tert-OH is 1. The molecule has 122 valence electrons. The van der Waals surface area contributed by atoms with Crippen LogP contribution in [0.25, 0.3) is 0 Å². The molecular formula is C15H18F3NO2S. The van der Waals surface area contributed by atoms with Crippen LogP contribution in [-0.4, -0.2) is 41.3 Å². The van der Waals surface area contributed by atoms with Gasteiger partial charge in [0.05, 0.1) is 4.88 Å². The molecule has 1 N–H and O–H groups in total. The molecule has 3 rings (SSSR count). The van der Waals surface area contributed by atoms with Gasteiger partial charge in [-0.1, -0.05) is 0 Å². The fourth-order valence-corrected chi connectivity index (χ4v) is 4.50. The number of thiophene rings is 1. The number of likely N-dealkylation sites (tertiary alicyclic amines) is 1. The van der Waals surface area contributed by atoms with E-state index >= 15 is 0 Å². The maximum atomic E-state index is 12.5. The van der Waals surface area contributed by atoms with Crippen molar-refractivity contribution >= 4 is 17.2 Å². The second-order valence-electron chi connectivity index (χ2n) is 6.03. The van der Waals surface area contributed by atoms with E-state index in [1.54, 1.807) is 4.90 Å². The third-order valence-electron chi connectivity index (χ3n) is 4.57. The van der Waals surface area contributed by atoms with Crippen LogP contribution in [-0.2, 0) is 12.8 Å². The molecule has 1 amide bonds. The first kappa shape index (κ1) is 15.8. The van der Waals surface area contributed by atoms with Crippen LogP contribution < -0.4 is 0 Å². The SMILES string of the molecule is O=C(c1cc2c(s1)CCC2)N1CCC(C(O)C(F)(F)F)CC1. The number of aryl methyl sites for hydroxylation is 2. The van der Waals surface area contributed by atoms with E-state index in [1.807, 2.05) is 6.07 Å². The number of halogens is 3. The Morgan fingerprint density at radius 3 is 2.59 bits per heavy atom. The number of nitrogens with zero attached hydrogens (tertiary/aromatic N) is 1. The van der Waals surface area contributed by atoms with Crippen molar-refractivity contribution in [2.45, 2.75) is 44.4 Å². The van der Waals surface area contributed by atoms with Crippen molar-refractivity contribution in [2.75, 3.05) is 13.1 Å². The van der Waals surface area contributed by atoms with E-state index in [1.165, 1.54) is 21.8 Å². The lowest BCUT2D eigenvalue weighted by molar-refractivity contribution is -0.222. The largest absolute Gasteiger partial charge is 0.414 e. The number of alkyl halides is 3. The standard InChI is InChI=1S/C15H18F3NO2S/c16-15(17,18)13(20)9-4-6-19(7-5-9)14(21)12-8-10-2-1-3-11(10)22-12/h8-9,13,20H,1-7H2. The molecule has 2 heterocycles. The highest BCUT2D eigenvalue weighted by Gasteiger charge is 2.44. The summed E-state index contributed by atoms with van der Waals surface area (Å²) in [4.78, 5) is 16.0. The van der Waals surface area contributed by atoms with Crippen LogP contribution in [0.4, 0.5) is 13.2 Å². The summed E-state index contributed by atoms with van der Waals surface area (Å²) < 4.78 is 37.6. The van der Waals surface area contributed by atoms with Crippen LogP contribution in [0.2, 0.25) is 0 Å². The number of hydrogen-bond acceptors (Lipinski definition) is 3. The molecule has 7 heteroatoms. The number of piperidine rings is 1. The lowest BCUT2D eigenvalue weighted by Gasteiger charge is -2.34. The molecule has 1 unspecified atom stereocenters. The minimum absolute atomic E-state index is 0.0839. The maximum absolute atomic E-state index is 12.5. The Kier molecular flexibility index (Phi) is 4.20. The van der Waals surface area contributed by atoms with Crippen LogP contribution in [0.5, 0.6) is 0 Å². The third-order valence-corrected chi connectivity index (χ3v) is 5.79. The number of hydrogen-bond donors (Lipinski definition) is 1. The first-order valence-corrected chi connectivity index (χ1v) is 8.33. The van der Waals surface area contributed by atoms with Crippen LogP contribution in [0.15, 0.2) is 6.07 Å². The van der Waals surface area contributed by atoms with E-state index in [0.717, 1.165) is 19.3 Å². The first-order valence-electron chi connectivity index (χ1n) is 7.52. The predicted molar refractivity (Wildman–Crippen MR) is 77.0 cm³/mol. The van der Waals surface area contributed by atoms with Crippen LogP contribution in [0, 0.1) is 5.92 Å². The molecule has 1 saturated heterocycles. The lowest BCUT2D eigenvalue weighted by atomic mass is 9.91. The monoisotopic (exact) mass is 333 g/mol. The lowest BCUT2D eigenvalue weighted by Crippen LogP contribution is -2.45. The number of amides is 1. The summed E-state index contributed by atoms with van der Waals surface area (Å²) in [6.45, 7) is 0.554. The molecule has 0 saturated carbocycles. The van der Waals surface area contributed by atoms with Crippen LogP contribution in [0.1, 0.15) is 39.4 Å². The zero-order valence-electron chi connectivity index (χ0n) is 12.0.